The third-order valence-electron chi connectivity index (χ3n) is 9.03. The number of carboxylic acid groups (broad SMARTS) is 1. The van der Waals surface area contributed by atoms with Crippen LogP contribution in [0.25, 0.3) is 22.5 Å². The lowest BCUT2D eigenvalue weighted by atomic mass is 9.95. The molecule has 3 N–H and O–H groups in total. The number of hydrogen-bond acceptors (Lipinski definition) is 8. The summed E-state index contributed by atoms with van der Waals surface area (Å²) in [4.78, 5) is 51.0. The molecular formula is C40H48N4O6S. The number of carboxylic acids is 1. The predicted octanol–water partition coefficient (Wildman–Crippen LogP) is 6.91. The lowest BCUT2D eigenvalue weighted by Crippen LogP contribution is -2.52. The topological polar surface area (TPSA) is 142 Å². The van der Waals surface area contributed by atoms with Crippen LogP contribution < -0.4 is 10.1 Å². The van der Waals surface area contributed by atoms with Crippen LogP contribution in [0.5, 0.6) is 5.75 Å². The highest BCUT2D eigenvalue weighted by Gasteiger charge is 2.41. The normalized spacial score (nSPS) is 16.5. The second-order valence-corrected chi connectivity index (χ2v) is 15.2. The maximum Gasteiger partial charge on any atom is 0.326 e. The standard InChI is InChI=1S/C40H48N4O6S/c1-5-6-7-8-9-20-50-31-16-14-27(15-17-31)29-23-41-36(42-24-29)28-12-10-26(11-13-28)21-32(38(47)44-25-30(45)22-33(44)39(48)49)43-37(46)34-18-19-35(51-34)40(2,3)4/h10-19,23-24,30,32-33,45H,5-9,20-22,25H2,1-4H3,(H,43,46)(H,48,49)/t30-,32+,33?/m1/s1. The van der Waals surface area contributed by atoms with Crippen LogP contribution in [0.15, 0.2) is 73.1 Å². The first-order valence-corrected chi connectivity index (χ1v) is 18.5. The lowest BCUT2D eigenvalue weighted by Gasteiger charge is -2.27. The van der Waals surface area contributed by atoms with Gasteiger partial charge in [0.05, 0.1) is 17.6 Å². The van der Waals surface area contributed by atoms with Gasteiger partial charge in [-0.1, -0.05) is 89.8 Å². The molecule has 0 aliphatic carbocycles. The molecule has 51 heavy (non-hydrogen) atoms. The quantitative estimate of drug-likeness (QED) is 0.113. The van der Waals surface area contributed by atoms with Crippen LogP contribution in [0, 0.1) is 0 Å². The summed E-state index contributed by atoms with van der Waals surface area (Å²) in [6.07, 6.45) is 8.66. The van der Waals surface area contributed by atoms with Gasteiger partial charge in [-0.15, -0.1) is 11.3 Å². The first kappa shape index (κ1) is 37.6. The van der Waals surface area contributed by atoms with E-state index in [9.17, 15) is 24.6 Å². The fraction of sp³-hybridized carbons (Fsp3) is 0.425. The van der Waals surface area contributed by atoms with Crippen molar-refractivity contribution < 1.29 is 29.3 Å². The number of aliphatic carboxylic acids is 1. The number of aliphatic hydroxyl groups is 1. The van der Waals surface area contributed by atoms with Crippen molar-refractivity contribution in [3.8, 4) is 28.3 Å². The van der Waals surface area contributed by atoms with E-state index < -0.39 is 36.0 Å². The van der Waals surface area contributed by atoms with Gasteiger partial charge in [-0.3, -0.25) is 9.59 Å². The van der Waals surface area contributed by atoms with E-state index in [0.717, 1.165) is 44.2 Å². The number of aliphatic hydroxyl groups excluding tert-OH is 1. The zero-order chi connectivity index (χ0) is 36.5. The number of thiophene rings is 1. The molecule has 4 aromatic rings. The number of β-amino-alcohol motifs (C(OH)–C–C–N with tert-alkyl or cyclic N) is 1. The van der Waals surface area contributed by atoms with Gasteiger partial charge in [-0.05, 0) is 47.2 Å². The van der Waals surface area contributed by atoms with Gasteiger partial charge < -0.3 is 25.2 Å². The minimum atomic E-state index is -1.19. The summed E-state index contributed by atoms with van der Waals surface area (Å²) in [5.41, 5.74) is 3.26. The fourth-order valence-electron chi connectivity index (χ4n) is 6.08. The molecule has 0 saturated carbocycles. The Kier molecular flexibility index (Phi) is 12.6. The predicted molar refractivity (Wildman–Crippen MR) is 199 cm³/mol. The number of unbranched alkanes of at least 4 members (excludes halogenated alkanes) is 4. The minimum Gasteiger partial charge on any atom is -0.494 e. The minimum absolute atomic E-state index is 0.0614. The number of nitrogens with zero attached hydrogens (tertiary/aromatic N) is 3. The Bertz CT molecular complexity index is 1770. The second-order valence-electron chi connectivity index (χ2n) is 14.2. The summed E-state index contributed by atoms with van der Waals surface area (Å²) in [6, 6.07) is 16.8. The number of aromatic nitrogens is 2. The number of ether oxygens (including phenoxy) is 1. The Morgan fingerprint density at radius 1 is 0.922 bits per heavy atom. The second kappa shape index (κ2) is 17.1. The van der Waals surface area contributed by atoms with Gasteiger partial charge in [0.25, 0.3) is 5.91 Å². The Labute approximate surface area is 303 Å². The van der Waals surface area contributed by atoms with E-state index in [1.807, 2.05) is 54.6 Å². The molecule has 3 atom stereocenters. The van der Waals surface area contributed by atoms with E-state index >= 15 is 0 Å². The van der Waals surface area contributed by atoms with E-state index in [4.69, 9.17) is 4.74 Å². The monoisotopic (exact) mass is 712 g/mol. The fourth-order valence-corrected chi connectivity index (χ4v) is 7.04. The Morgan fingerprint density at radius 3 is 2.22 bits per heavy atom. The highest BCUT2D eigenvalue weighted by molar-refractivity contribution is 7.14. The number of amides is 2. The van der Waals surface area contributed by atoms with Crippen molar-refractivity contribution in [2.45, 2.75) is 96.2 Å². The van der Waals surface area contributed by atoms with Crippen molar-refractivity contribution in [3.05, 3.63) is 88.4 Å². The van der Waals surface area contributed by atoms with Crippen molar-refractivity contribution in [3.63, 3.8) is 0 Å². The van der Waals surface area contributed by atoms with Crippen molar-refractivity contribution in [1.29, 1.82) is 0 Å². The number of carbonyl (C=O) groups excluding carboxylic acids is 2. The van der Waals surface area contributed by atoms with Gasteiger partial charge in [0, 0.05) is 47.8 Å². The number of hydrogen-bond donors (Lipinski definition) is 3. The zero-order valence-corrected chi connectivity index (χ0v) is 30.6. The number of likely N-dealkylation sites (tertiary alicyclic amines) is 1. The van der Waals surface area contributed by atoms with Crippen LogP contribution in [-0.4, -0.2) is 74.2 Å². The van der Waals surface area contributed by atoms with Crippen LogP contribution in [-0.2, 0) is 21.4 Å². The maximum absolute atomic E-state index is 13.8. The summed E-state index contributed by atoms with van der Waals surface area (Å²) in [5.74, 6) is -0.772. The molecule has 1 fully saturated rings. The number of carbonyl (C=O) groups is 3. The summed E-state index contributed by atoms with van der Waals surface area (Å²) in [7, 11) is 0. The summed E-state index contributed by atoms with van der Waals surface area (Å²) in [5, 5.41) is 22.8. The van der Waals surface area contributed by atoms with E-state index in [-0.39, 0.29) is 24.8 Å². The van der Waals surface area contributed by atoms with Crippen LogP contribution in [0.1, 0.15) is 86.3 Å². The molecule has 0 bridgehead atoms. The van der Waals surface area contributed by atoms with E-state index in [1.54, 1.807) is 18.5 Å². The molecule has 2 amide bonds. The lowest BCUT2D eigenvalue weighted by molar-refractivity contribution is -0.148. The summed E-state index contributed by atoms with van der Waals surface area (Å²) < 4.78 is 5.89. The molecule has 10 nitrogen and oxygen atoms in total. The van der Waals surface area contributed by atoms with E-state index in [1.165, 1.54) is 37.0 Å². The number of benzene rings is 2. The first-order valence-electron chi connectivity index (χ1n) is 17.7. The van der Waals surface area contributed by atoms with Gasteiger partial charge in [0.15, 0.2) is 5.82 Å². The molecule has 1 aliphatic heterocycles. The van der Waals surface area contributed by atoms with Crippen LogP contribution >= 0.6 is 11.3 Å². The highest BCUT2D eigenvalue weighted by atomic mass is 32.1. The maximum atomic E-state index is 13.8. The van der Waals surface area contributed by atoms with Crippen LogP contribution in [0.3, 0.4) is 0 Å². The molecule has 11 heteroatoms. The largest absolute Gasteiger partial charge is 0.494 e. The Balaban J connectivity index is 1.26. The molecule has 1 saturated heterocycles. The number of rotatable bonds is 15. The smallest absolute Gasteiger partial charge is 0.326 e. The molecular weight excluding hydrogens is 665 g/mol. The SMILES string of the molecule is CCCCCCCOc1ccc(-c2cnc(-c3ccc(C[C@H](NC(=O)c4ccc(C(C)(C)C)s4)C(=O)N4C[C@H](O)CC4C(=O)O)cc3)nc2)cc1. The summed E-state index contributed by atoms with van der Waals surface area (Å²) in [6.45, 7) is 9.00. The van der Waals surface area contributed by atoms with Gasteiger partial charge in [0.2, 0.25) is 5.91 Å². The van der Waals surface area contributed by atoms with Gasteiger partial charge in [-0.25, -0.2) is 14.8 Å². The molecule has 5 rings (SSSR count). The van der Waals surface area contributed by atoms with Crippen molar-refractivity contribution in [2.75, 3.05) is 13.2 Å². The van der Waals surface area contributed by atoms with E-state index in [0.29, 0.717) is 17.3 Å². The van der Waals surface area contributed by atoms with Crippen LogP contribution in [0.4, 0.5) is 0 Å². The molecule has 270 valence electrons. The van der Waals surface area contributed by atoms with E-state index in [2.05, 4.69) is 43.0 Å². The zero-order valence-electron chi connectivity index (χ0n) is 29.8. The molecule has 0 spiro atoms. The third kappa shape index (κ3) is 10.0. The molecule has 1 unspecified atom stereocenters. The highest BCUT2D eigenvalue weighted by Crippen LogP contribution is 2.30. The average molecular weight is 713 g/mol. The average Bonchev–Trinajstić information content (AvgIpc) is 3.78. The molecule has 1 aliphatic rings. The third-order valence-corrected chi connectivity index (χ3v) is 10.5. The molecule has 2 aromatic heterocycles. The summed E-state index contributed by atoms with van der Waals surface area (Å²) >= 11 is 1.36. The molecule has 2 aromatic carbocycles. The van der Waals surface area contributed by atoms with Crippen molar-refractivity contribution >= 4 is 29.1 Å². The molecule has 3 heterocycles. The Morgan fingerprint density at radius 2 is 1.59 bits per heavy atom. The van der Waals surface area contributed by atoms with Crippen LogP contribution in [0.2, 0.25) is 0 Å². The first-order chi connectivity index (χ1) is 24.4. The number of nitrogens with one attached hydrogen (secondary N) is 1. The van der Waals surface area contributed by atoms with Gasteiger partial charge in [0.1, 0.15) is 17.8 Å². The van der Waals surface area contributed by atoms with Gasteiger partial charge in [-0.2, -0.15) is 0 Å². The van der Waals surface area contributed by atoms with Crippen molar-refractivity contribution in [1.82, 2.24) is 20.2 Å². The Hall–Kier alpha value is -4.61. The van der Waals surface area contributed by atoms with Crippen molar-refractivity contribution in [2.24, 2.45) is 0 Å². The van der Waals surface area contributed by atoms with Gasteiger partial charge >= 0.3 is 5.97 Å². The molecule has 0 radical (unpaired) electrons.